The van der Waals surface area contributed by atoms with Crippen molar-refractivity contribution >= 4 is 0 Å². The van der Waals surface area contributed by atoms with Gasteiger partial charge in [-0.15, -0.1) is 6.58 Å². The Kier molecular flexibility index (Phi) is 3.56. The molecule has 1 aromatic carbocycles. The summed E-state index contributed by atoms with van der Waals surface area (Å²) in [4.78, 5) is 0. The Morgan fingerprint density at radius 3 is 2.77 bits per heavy atom. The standard InChI is InChI=1S/C12H16O/c1-4-5-6-11-7-8-12(13-3)10(2)9-11/h4,7-9H,1,5-6H2,2-3H3. The third-order valence-electron chi connectivity index (χ3n) is 2.10. The Morgan fingerprint density at radius 1 is 1.46 bits per heavy atom. The van der Waals surface area contributed by atoms with Gasteiger partial charge in [-0.1, -0.05) is 18.2 Å². The quantitative estimate of drug-likeness (QED) is 0.640. The minimum atomic E-state index is 0.961. The Hall–Kier alpha value is -1.24. The van der Waals surface area contributed by atoms with E-state index in [-0.39, 0.29) is 0 Å². The number of allylic oxidation sites excluding steroid dienone is 1. The van der Waals surface area contributed by atoms with Crippen molar-refractivity contribution in [2.75, 3.05) is 7.11 Å². The first-order chi connectivity index (χ1) is 6.27. The molecular weight excluding hydrogens is 160 g/mol. The molecule has 0 saturated heterocycles. The summed E-state index contributed by atoms with van der Waals surface area (Å²) in [6, 6.07) is 6.30. The van der Waals surface area contributed by atoms with E-state index < -0.39 is 0 Å². The van der Waals surface area contributed by atoms with Crippen LogP contribution in [0.4, 0.5) is 0 Å². The lowest BCUT2D eigenvalue weighted by Crippen LogP contribution is -1.89. The molecule has 0 unspecified atom stereocenters. The van der Waals surface area contributed by atoms with E-state index in [0.717, 1.165) is 18.6 Å². The molecule has 13 heavy (non-hydrogen) atoms. The second-order valence-corrected chi connectivity index (χ2v) is 3.13. The van der Waals surface area contributed by atoms with E-state index in [4.69, 9.17) is 4.74 Å². The van der Waals surface area contributed by atoms with Crippen LogP contribution in [0.3, 0.4) is 0 Å². The number of methoxy groups -OCH3 is 1. The van der Waals surface area contributed by atoms with Gasteiger partial charge in [0.15, 0.2) is 0 Å². The Bertz CT molecular complexity index is 289. The zero-order chi connectivity index (χ0) is 9.68. The first-order valence-electron chi connectivity index (χ1n) is 4.52. The lowest BCUT2D eigenvalue weighted by molar-refractivity contribution is 0.411. The normalized spacial score (nSPS) is 9.69. The molecule has 0 heterocycles. The van der Waals surface area contributed by atoms with Crippen molar-refractivity contribution < 1.29 is 4.74 Å². The van der Waals surface area contributed by atoms with Crippen LogP contribution >= 0.6 is 0 Å². The smallest absolute Gasteiger partial charge is 0.121 e. The second kappa shape index (κ2) is 4.70. The van der Waals surface area contributed by atoms with Gasteiger partial charge in [-0.2, -0.15) is 0 Å². The van der Waals surface area contributed by atoms with E-state index in [2.05, 4.69) is 25.6 Å². The summed E-state index contributed by atoms with van der Waals surface area (Å²) in [5.41, 5.74) is 2.54. The molecule has 0 aliphatic rings. The maximum atomic E-state index is 5.18. The van der Waals surface area contributed by atoms with Crippen LogP contribution in [-0.2, 0) is 6.42 Å². The van der Waals surface area contributed by atoms with Gasteiger partial charge in [0.1, 0.15) is 5.75 Å². The third-order valence-corrected chi connectivity index (χ3v) is 2.10. The van der Waals surface area contributed by atoms with Crippen LogP contribution in [0.15, 0.2) is 30.9 Å². The summed E-state index contributed by atoms with van der Waals surface area (Å²) in [7, 11) is 1.70. The molecule has 1 nitrogen and oxygen atoms in total. The van der Waals surface area contributed by atoms with Crippen LogP contribution in [0.1, 0.15) is 17.5 Å². The SMILES string of the molecule is C=CCCc1ccc(OC)c(C)c1. The van der Waals surface area contributed by atoms with E-state index in [9.17, 15) is 0 Å². The number of hydrogen-bond acceptors (Lipinski definition) is 1. The lowest BCUT2D eigenvalue weighted by Gasteiger charge is -2.06. The maximum Gasteiger partial charge on any atom is 0.121 e. The van der Waals surface area contributed by atoms with Crippen LogP contribution in [0.2, 0.25) is 0 Å². The Morgan fingerprint density at radius 2 is 2.23 bits per heavy atom. The maximum absolute atomic E-state index is 5.18. The van der Waals surface area contributed by atoms with Gasteiger partial charge in [-0.25, -0.2) is 0 Å². The molecule has 0 bridgehead atoms. The van der Waals surface area contributed by atoms with Crippen molar-refractivity contribution in [2.45, 2.75) is 19.8 Å². The largest absolute Gasteiger partial charge is 0.496 e. The first-order valence-corrected chi connectivity index (χ1v) is 4.52. The van der Waals surface area contributed by atoms with Crippen molar-refractivity contribution in [3.05, 3.63) is 42.0 Å². The van der Waals surface area contributed by atoms with Gasteiger partial charge in [0.2, 0.25) is 0 Å². The van der Waals surface area contributed by atoms with Crippen molar-refractivity contribution in [2.24, 2.45) is 0 Å². The van der Waals surface area contributed by atoms with Gasteiger partial charge in [-0.3, -0.25) is 0 Å². The molecule has 0 atom stereocenters. The molecule has 0 saturated carbocycles. The molecule has 0 aliphatic carbocycles. The van der Waals surface area contributed by atoms with Crippen molar-refractivity contribution in [3.8, 4) is 5.75 Å². The molecule has 1 heteroatoms. The average Bonchev–Trinajstić information content (AvgIpc) is 2.15. The number of hydrogen-bond donors (Lipinski definition) is 0. The van der Waals surface area contributed by atoms with E-state index in [1.165, 1.54) is 11.1 Å². The van der Waals surface area contributed by atoms with E-state index in [1.54, 1.807) is 7.11 Å². The second-order valence-electron chi connectivity index (χ2n) is 3.13. The number of aryl methyl sites for hydroxylation is 2. The third kappa shape index (κ3) is 2.62. The number of benzene rings is 1. The van der Waals surface area contributed by atoms with Crippen molar-refractivity contribution in [1.29, 1.82) is 0 Å². The minimum Gasteiger partial charge on any atom is -0.496 e. The Balaban J connectivity index is 2.76. The van der Waals surface area contributed by atoms with Gasteiger partial charge >= 0.3 is 0 Å². The van der Waals surface area contributed by atoms with Crippen LogP contribution < -0.4 is 4.74 Å². The molecule has 70 valence electrons. The minimum absolute atomic E-state index is 0.961. The highest BCUT2D eigenvalue weighted by atomic mass is 16.5. The van der Waals surface area contributed by atoms with E-state index >= 15 is 0 Å². The number of ether oxygens (including phenoxy) is 1. The molecule has 0 amide bonds. The topological polar surface area (TPSA) is 9.23 Å². The molecule has 1 rings (SSSR count). The average molecular weight is 176 g/mol. The summed E-state index contributed by atoms with van der Waals surface area (Å²) in [5, 5.41) is 0. The summed E-state index contributed by atoms with van der Waals surface area (Å²) in [6.07, 6.45) is 4.04. The van der Waals surface area contributed by atoms with Gasteiger partial charge in [0.25, 0.3) is 0 Å². The van der Waals surface area contributed by atoms with Crippen molar-refractivity contribution in [3.63, 3.8) is 0 Å². The molecule has 0 radical (unpaired) electrons. The summed E-state index contributed by atoms with van der Waals surface area (Å²) < 4.78 is 5.18. The molecular formula is C12H16O. The fourth-order valence-electron chi connectivity index (χ4n) is 1.36. The first kappa shape index (κ1) is 9.85. The highest BCUT2D eigenvalue weighted by molar-refractivity contribution is 5.36. The molecule has 1 aromatic rings. The monoisotopic (exact) mass is 176 g/mol. The molecule has 0 aliphatic heterocycles. The lowest BCUT2D eigenvalue weighted by atomic mass is 10.1. The predicted molar refractivity (Wildman–Crippen MR) is 56.2 cm³/mol. The molecule has 0 N–H and O–H groups in total. The summed E-state index contributed by atoms with van der Waals surface area (Å²) in [5.74, 6) is 0.961. The predicted octanol–water partition coefficient (Wildman–Crippen LogP) is 3.12. The van der Waals surface area contributed by atoms with Crippen LogP contribution in [0.5, 0.6) is 5.75 Å². The summed E-state index contributed by atoms with van der Waals surface area (Å²) >= 11 is 0. The van der Waals surface area contributed by atoms with Gasteiger partial charge < -0.3 is 4.74 Å². The van der Waals surface area contributed by atoms with E-state index in [0.29, 0.717) is 0 Å². The fourth-order valence-corrected chi connectivity index (χ4v) is 1.36. The van der Waals surface area contributed by atoms with Crippen LogP contribution in [0, 0.1) is 6.92 Å². The molecule has 0 fully saturated rings. The Labute approximate surface area is 80.0 Å². The van der Waals surface area contributed by atoms with Crippen molar-refractivity contribution in [1.82, 2.24) is 0 Å². The highest BCUT2D eigenvalue weighted by Crippen LogP contribution is 2.19. The molecule has 0 spiro atoms. The van der Waals surface area contributed by atoms with Gasteiger partial charge in [0.05, 0.1) is 7.11 Å². The zero-order valence-electron chi connectivity index (χ0n) is 8.34. The number of rotatable bonds is 4. The summed E-state index contributed by atoms with van der Waals surface area (Å²) in [6.45, 7) is 5.77. The van der Waals surface area contributed by atoms with Crippen LogP contribution in [-0.4, -0.2) is 7.11 Å². The van der Waals surface area contributed by atoms with Gasteiger partial charge in [0, 0.05) is 0 Å². The van der Waals surface area contributed by atoms with Gasteiger partial charge in [-0.05, 0) is 37.0 Å². The van der Waals surface area contributed by atoms with Crippen LogP contribution in [0.25, 0.3) is 0 Å². The highest BCUT2D eigenvalue weighted by Gasteiger charge is 1.98. The zero-order valence-corrected chi connectivity index (χ0v) is 8.34. The molecule has 0 aromatic heterocycles. The fraction of sp³-hybridized carbons (Fsp3) is 0.333. The van der Waals surface area contributed by atoms with E-state index in [1.807, 2.05) is 12.1 Å².